The van der Waals surface area contributed by atoms with Gasteiger partial charge in [-0.1, -0.05) is 25.5 Å². The average molecular weight is 698 g/mol. The number of amides is 1. The molecular formula is C31H31F8NO6S. The van der Waals surface area contributed by atoms with Gasteiger partial charge in [0.15, 0.2) is 9.84 Å². The van der Waals surface area contributed by atoms with E-state index in [0.717, 1.165) is 24.3 Å². The molecule has 2 aromatic carbocycles. The fourth-order valence-electron chi connectivity index (χ4n) is 7.51. The lowest BCUT2D eigenvalue weighted by atomic mass is 9.68. The van der Waals surface area contributed by atoms with Crippen molar-refractivity contribution in [2.75, 3.05) is 13.2 Å². The predicted molar refractivity (Wildman–Crippen MR) is 149 cm³/mol. The number of hydrogen-bond acceptors (Lipinski definition) is 5. The highest BCUT2D eigenvalue weighted by atomic mass is 32.2. The highest BCUT2D eigenvalue weighted by Gasteiger charge is 2.74. The van der Waals surface area contributed by atoms with E-state index in [2.05, 4.69) is 0 Å². The normalized spacial score (nSPS) is 26.7. The Morgan fingerprint density at radius 2 is 1.55 bits per heavy atom. The van der Waals surface area contributed by atoms with Gasteiger partial charge in [0.05, 0.1) is 16.4 Å². The van der Waals surface area contributed by atoms with E-state index in [1.807, 2.05) is 6.92 Å². The molecule has 0 aromatic heterocycles. The van der Waals surface area contributed by atoms with E-state index in [9.17, 15) is 58.2 Å². The molecule has 1 saturated heterocycles. The Morgan fingerprint density at radius 3 is 2.09 bits per heavy atom. The van der Waals surface area contributed by atoms with E-state index < -0.39 is 90.5 Å². The van der Waals surface area contributed by atoms with Crippen LogP contribution in [0.3, 0.4) is 0 Å². The molecule has 3 aliphatic rings. The highest BCUT2D eigenvalue weighted by molar-refractivity contribution is 7.92. The second-order valence-electron chi connectivity index (χ2n) is 12.4. The van der Waals surface area contributed by atoms with Crippen LogP contribution < -0.4 is 4.74 Å². The Kier molecular flexibility index (Phi) is 8.63. The van der Waals surface area contributed by atoms with Crippen LogP contribution in [0.4, 0.5) is 35.1 Å². The summed E-state index contributed by atoms with van der Waals surface area (Å²) >= 11 is 0. The van der Waals surface area contributed by atoms with Crippen LogP contribution in [0.5, 0.6) is 5.75 Å². The molecule has 5 rings (SSSR count). The summed E-state index contributed by atoms with van der Waals surface area (Å²) in [6.07, 6.45) is -11.4. The molecule has 47 heavy (non-hydrogen) atoms. The van der Waals surface area contributed by atoms with Gasteiger partial charge < -0.3 is 14.7 Å². The van der Waals surface area contributed by atoms with Gasteiger partial charge >= 0.3 is 24.0 Å². The minimum atomic E-state index is -6.43. The second kappa shape index (κ2) is 11.6. The number of fused-ring (bicyclic) bond motifs is 3. The summed E-state index contributed by atoms with van der Waals surface area (Å²) in [5.41, 5.74) is -9.05. The molecule has 1 amide bonds. The predicted octanol–water partition coefficient (Wildman–Crippen LogP) is 6.84. The lowest BCUT2D eigenvalue weighted by Gasteiger charge is -2.44. The molecule has 0 spiro atoms. The molecule has 2 aliphatic heterocycles. The lowest BCUT2D eigenvalue weighted by molar-refractivity contribution is -0.348. The van der Waals surface area contributed by atoms with Crippen molar-refractivity contribution < 1.29 is 63.0 Å². The number of alkyl halides is 7. The number of carbonyl (C=O) groups excluding carboxylic acids is 1. The summed E-state index contributed by atoms with van der Waals surface area (Å²) in [6.45, 7) is 0.959. The van der Waals surface area contributed by atoms with Crippen LogP contribution in [0.2, 0.25) is 0 Å². The van der Waals surface area contributed by atoms with Gasteiger partial charge in [0, 0.05) is 23.6 Å². The highest BCUT2D eigenvalue weighted by Crippen LogP contribution is 2.57. The first kappa shape index (κ1) is 34.9. The van der Waals surface area contributed by atoms with Crippen molar-refractivity contribution in [1.82, 2.24) is 4.90 Å². The number of carboxylic acids is 1. The maximum Gasteiger partial charge on any atom is 0.435 e. The van der Waals surface area contributed by atoms with Crippen LogP contribution in [0.25, 0.3) is 0 Å². The second-order valence-corrected chi connectivity index (χ2v) is 14.6. The van der Waals surface area contributed by atoms with Gasteiger partial charge in [0.1, 0.15) is 22.9 Å². The molecule has 2 atom stereocenters. The van der Waals surface area contributed by atoms with E-state index in [1.165, 1.54) is 4.90 Å². The molecule has 2 heterocycles. The SMILES string of the molecule is CCCC1(C(=O)O)CCC(C(=O)N2CCC3(S(=O)(=O)c4ccc(F)cc4)c4ccc(C(F)(C(F)(F)F)C(F)(F)F)cc4OCC23)CC1. The molecule has 2 unspecified atom stereocenters. The number of rotatable bonds is 7. The monoisotopic (exact) mass is 697 g/mol. The molecule has 1 aliphatic carbocycles. The first-order valence-electron chi connectivity index (χ1n) is 14.9. The third-order valence-corrected chi connectivity index (χ3v) is 12.6. The number of hydrogen-bond donors (Lipinski definition) is 1. The van der Waals surface area contributed by atoms with Crippen LogP contribution in [0.15, 0.2) is 47.4 Å². The van der Waals surface area contributed by atoms with Crippen molar-refractivity contribution in [3.63, 3.8) is 0 Å². The molecule has 258 valence electrons. The Balaban J connectivity index is 1.59. The van der Waals surface area contributed by atoms with Crippen LogP contribution in [0.1, 0.15) is 63.0 Å². The van der Waals surface area contributed by atoms with Crippen LogP contribution in [0, 0.1) is 17.2 Å². The van der Waals surface area contributed by atoms with E-state index in [0.29, 0.717) is 18.9 Å². The topological polar surface area (TPSA) is 101 Å². The molecule has 1 saturated carbocycles. The van der Waals surface area contributed by atoms with Crippen LogP contribution in [-0.2, 0) is 29.8 Å². The van der Waals surface area contributed by atoms with Crippen molar-refractivity contribution in [1.29, 1.82) is 0 Å². The summed E-state index contributed by atoms with van der Waals surface area (Å²) in [7, 11) is -4.69. The van der Waals surface area contributed by atoms with Gasteiger partial charge in [0.2, 0.25) is 5.91 Å². The number of carbonyl (C=O) groups is 2. The summed E-state index contributed by atoms with van der Waals surface area (Å²) < 4.78 is 142. The standard InChI is InChI=1S/C31H31F8NO6S/c1-2-11-27(26(42)43)12-9-18(10-13-27)25(41)40-15-14-28(47(44,45)21-6-4-20(32)5-7-21)22-8-3-19(16-23(22)46-17-24(28)40)29(33,30(34,35)36)31(37,38)39/h3-8,16,18,24H,2,9-15,17H2,1H3,(H,42,43). The van der Waals surface area contributed by atoms with E-state index in [-0.39, 0.29) is 56.3 Å². The zero-order chi connectivity index (χ0) is 34.8. The van der Waals surface area contributed by atoms with Crippen molar-refractivity contribution in [3.05, 3.63) is 59.4 Å². The van der Waals surface area contributed by atoms with E-state index in [4.69, 9.17) is 4.74 Å². The summed E-state index contributed by atoms with van der Waals surface area (Å²) in [5.74, 6) is -3.67. The number of likely N-dealkylation sites (tertiary alicyclic amines) is 1. The first-order valence-corrected chi connectivity index (χ1v) is 16.4. The molecular weight excluding hydrogens is 666 g/mol. The number of sulfone groups is 1. The van der Waals surface area contributed by atoms with Gasteiger partial charge in [-0.15, -0.1) is 0 Å². The number of halogens is 8. The molecule has 0 bridgehead atoms. The number of carboxylic acid groups (broad SMARTS) is 1. The summed E-state index contributed by atoms with van der Waals surface area (Å²) in [6, 6.07) is 3.32. The van der Waals surface area contributed by atoms with E-state index in [1.54, 1.807) is 0 Å². The zero-order valence-electron chi connectivity index (χ0n) is 24.9. The van der Waals surface area contributed by atoms with Gasteiger partial charge in [-0.2, -0.15) is 26.3 Å². The zero-order valence-corrected chi connectivity index (χ0v) is 25.7. The third kappa shape index (κ3) is 5.25. The molecule has 16 heteroatoms. The van der Waals surface area contributed by atoms with Gasteiger partial charge in [-0.05, 0) is 68.9 Å². The first-order chi connectivity index (χ1) is 21.8. The van der Waals surface area contributed by atoms with Gasteiger partial charge in [0.25, 0.3) is 0 Å². The Bertz CT molecular complexity index is 1640. The van der Waals surface area contributed by atoms with Crippen LogP contribution >= 0.6 is 0 Å². The number of nitrogens with zero attached hydrogens (tertiary/aromatic N) is 1. The fraction of sp³-hybridized carbons (Fsp3) is 0.548. The minimum absolute atomic E-state index is 0.180. The fourth-order valence-corrected chi connectivity index (χ4v) is 9.80. The summed E-state index contributed by atoms with van der Waals surface area (Å²) in [4.78, 5) is 26.8. The largest absolute Gasteiger partial charge is 0.491 e. The molecule has 0 radical (unpaired) electrons. The van der Waals surface area contributed by atoms with Crippen molar-refractivity contribution in [3.8, 4) is 5.75 Å². The van der Waals surface area contributed by atoms with E-state index >= 15 is 0 Å². The number of benzene rings is 2. The quantitative estimate of drug-likeness (QED) is 0.251. The Morgan fingerprint density at radius 1 is 0.957 bits per heavy atom. The minimum Gasteiger partial charge on any atom is -0.491 e. The van der Waals surface area contributed by atoms with Crippen molar-refractivity contribution >= 4 is 21.7 Å². The number of aliphatic carboxylic acids is 1. The maximum absolute atomic E-state index is 15.0. The lowest BCUT2D eigenvalue weighted by Crippen LogP contribution is -2.56. The van der Waals surface area contributed by atoms with Crippen molar-refractivity contribution in [2.45, 2.75) is 85.6 Å². The molecule has 2 aromatic rings. The third-order valence-electron chi connectivity index (χ3n) is 10.0. The molecule has 1 N–H and O–H groups in total. The average Bonchev–Trinajstić information content (AvgIpc) is 3.41. The smallest absolute Gasteiger partial charge is 0.435 e. The van der Waals surface area contributed by atoms with Gasteiger partial charge in [-0.25, -0.2) is 17.2 Å². The molecule has 2 fully saturated rings. The number of ether oxygens (including phenoxy) is 1. The Labute approximate surface area is 264 Å². The summed E-state index contributed by atoms with van der Waals surface area (Å²) in [5, 5.41) is 9.86. The molecule has 7 nitrogen and oxygen atoms in total. The Hall–Kier alpha value is -3.43. The van der Waals surface area contributed by atoms with Crippen molar-refractivity contribution in [2.24, 2.45) is 11.3 Å². The maximum atomic E-state index is 15.0. The van der Waals surface area contributed by atoms with Gasteiger partial charge in [-0.3, -0.25) is 9.59 Å². The van der Waals surface area contributed by atoms with Crippen LogP contribution in [-0.4, -0.2) is 61.8 Å².